The highest BCUT2D eigenvalue weighted by Crippen LogP contribution is 2.30. The topological polar surface area (TPSA) is 97.4 Å². The summed E-state index contributed by atoms with van der Waals surface area (Å²) < 4.78 is 18.8. The molecule has 0 spiro atoms. The van der Waals surface area contributed by atoms with Gasteiger partial charge in [0.05, 0.1) is 22.3 Å². The van der Waals surface area contributed by atoms with E-state index in [4.69, 9.17) is 16.3 Å². The van der Waals surface area contributed by atoms with Crippen LogP contribution in [0.25, 0.3) is 22.2 Å². The van der Waals surface area contributed by atoms with Gasteiger partial charge < -0.3 is 4.74 Å². The normalized spacial score (nSPS) is 10.5. The Hall–Kier alpha value is -4.30. The first kappa shape index (κ1) is 22.9. The number of halogens is 2. The second-order valence-electron chi connectivity index (χ2n) is 7.11. The Bertz CT molecular complexity index is 1410. The first-order valence-corrected chi connectivity index (χ1v) is 10.5. The lowest BCUT2D eigenvalue weighted by molar-refractivity contribution is -0.125. The number of carbonyl (C=O) groups is 3. The molecular weight excluding hydrogens is 461 g/mol. The summed E-state index contributed by atoms with van der Waals surface area (Å²) in [6.07, 6.45) is 0. The molecule has 9 heteroatoms. The predicted molar refractivity (Wildman–Crippen MR) is 124 cm³/mol. The fourth-order valence-electron chi connectivity index (χ4n) is 3.24. The fraction of sp³-hybridized carbons (Fsp3) is 0.0400. The molecule has 3 aromatic carbocycles. The minimum absolute atomic E-state index is 0.198. The number of rotatable bonds is 5. The first-order chi connectivity index (χ1) is 16.4. The maximum atomic E-state index is 13.7. The van der Waals surface area contributed by atoms with Crippen molar-refractivity contribution in [1.82, 2.24) is 15.8 Å². The first-order valence-electron chi connectivity index (χ1n) is 10.1. The summed E-state index contributed by atoms with van der Waals surface area (Å²) in [5, 5.41) is 1.01. The van der Waals surface area contributed by atoms with Crippen molar-refractivity contribution in [2.24, 2.45) is 0 Å². The zero-order valence-electron chi connectivity index (χ0n) is 17.5. The highest BCUT2D eigenvalue weighted by atomic mass is 35.5. The number of nitrogens with one attached hydrogen (secondary N) is 2. The molecule has 4 aromatic rings. The third kappa shape index (κ3) is 5.02. The van der Waals surface area contributed by atoms with Gasteiger partial charge in [-0.05, 0) is 30.3 Å². The molecule has 170 valence electrons. The van der Waals surface area contributed by atoms with Crippen LogP contribution in [0.5, 0.6) is 0 Å². The maximum absolute atomic E-state index is 13.7. The van der Waals surface area contributed by atoms with E-state index >= 15 is 0 Å². The van der Waals surface area contributed by atoms with E-state index in [1.165, 1.54) is 18.2 Å². The van der Waals surface area contributed by atoms with Crippen LogP contribution in [0.3, 0.4) is 0 Å². The number of hydrazine groups is 1. The summed E-state index contributed by atoms with van der Waals surface area (Å²) in [7, 11) is 0. The van der Waals surface area contributed by atoms with Gasteiger partial charge in [-0.2, -0.15) is 0 Å². The number of ether oxygens (including phenoxy) is 1. The number of aromatic nitrogens is 1. The molecule has 0 saturated carbocycles. The number of hydrogen-bond acceptors (Lipinski definition) is 5. The molecule has 0 saturated heterocycles. The molecule has 1 aromatic heterocycles. The minimum atomic E-state index is -0.845. The average molecular weight is 478 g/mol. The molecule has 0 bridgehead atoms. The minimum Gasteiger partial charge on any atom is -0.452 e. The largest absolute Gasteiger partial charge is 0.452 e. The van der Waals surface area contributed by atoms with Crippen molar-refractivity contribution in [2.45, 2.75) is 0 Å². The van der Waals surface area contributed by atoms with Gasteiger partial charge in [-0.1, -0.05) is 60.1 Å². The van der Waals surface area contributed by atoms with Crippen molar-refractivity contribution in [3.8, 4) is 11.3 Å². The maximum Gasteiger partial charge on any atom is 0.339 e. The van der Waals surface area contributed by atoms with Gasteiger partial charge in [0.25, 0.3) is 11.8 Å². The van der Waals surface area contributed by atoms with E-state index in [2.05, 4.69) is 15.8 Å². The number of pyridine rings is 1. The summed E-state index contributed by atoms with van der Waals surface area (Å²) in [4.78, 5) is 41.5. The summed E-state index contributed by atoms with van der Waals surface area (Å²) in [6.45, 7) is -0.672. The molecular formula is C25H17ClFN3O4. The van der Waals surface area contributed by atoms with Crippen LogP contribution in [0.4, 0.5) is 4.39 Å². The smallest absolute Gasteiger partial charge is 0.339 e. The lowest BCUT2D eigenvalue weighted by atomic mass is 10.0. The zero-order chi connectivity index (χ0) is 24.1. The summed E-state index contributed by atoms with van der Waals surface area (Å²) in [5.41, 5.74) is 5.77. The lowest BCUT2D eigenvalue weighted by Gasteiger charge is -2.11. The second-order valence-corrected chi connectivity index (χ2v) is 7.52. The second kappa shape index (κ2) is 10.1. The van der Waals surface area contributed by atoms with Gasteiger partial charge in [0.1, 0.15) is 5.82 Å². The van der Waals surface area contributed by atoms with Gasteiger partial charge in [-0.15, -0.1) is 0 Å². The molecule has 2 amide bonds. The Morgan fingerprint density at radius 1 is 0.882 bits per heavy atom. The number of benzene rings is 3. The van der Waals surface area contributed by atoms with Gasteiger partial charge in [0.2, 0.25) is 0 Å². The van der Waals surface area contributed by atoms with E-state index in [1.807, 2.05) is 0 Å². The van der Waals surface area contributed by atoms with Crippen LogP contribution in [0, 0.1) is 5.82 Å². The van der Waals surface area contributed by atoms with Gasteiger partial charge in [-0.3, -0.25) is 20.4 Å². The van der Waals surface area contributed by atoms with Gasteiger partial charge in [0, 0.05) is 16.0 Å². The van der Waals surface area contributed by atoms with Crippen molar-refractivity contribution >= 4 is 40.3 Å². The summed E-state index contributed by atoms with van der Waals surface area (Å²) in [6, 6.07) is 20.9. The Morgan fingerprint density at radius 2 is 1.59 bits per heavy atom. The Morgan fingerprint density at radius 3 is 2.38 bits per heavy atom. The Kier molecular flexibility index (Phi) is 6.79. The number of para-hydroxylation sites is 1. The molecule has 1 heterocycles. The Balaban J connectivity index is 1.47. The van der Waals surface area contributed by atoms with Crippen LogP contribution in [0.15, 0.2) is 78.9 Å². The average Bonchev–Trinajstić information content (AvgIpc) is 2.85. The number of carbonyl (C=O) groups excluding carboxylic acids is 3. The van der Waals surface area contributed by atoms with Crippen molar-refractivity contribution < 1.29 is 23.5 Å². The fourth-order valence-corrected chi connectivity index (χ4v) is 3.47. The number of hydrogen-bond donors (Lipinski definition) is 2. The molecule has 0 aliphatic heterocycles. The van der Waals surface area contributed by atoms with Gasteiger partial charge in [-0.25, -0.2) is 14.2 Å². The van der Waals surface area contributed by atoms with E-state index in [0.717, 1.165) is 6.07 Å². The van der Waals surface area contributed by atoms with E-state index < -0.39 is 30.2 Å². The lowest BCUT2D eigenvalue weighted by Crippen LogP contribution is -2.43. The molecule has 0 aliphatic carbocycles. The van der Waals surface area contributed by atoms with Crippen LogP contribution < -0.4 is 10.9 Å². The van der Waals surface area contributed by atoms with Crippen molar-refractivity contribution in [1.29, 1.82) is 0 Å². The molecule has 0 aliphatic rings. The molecule has 7 nitrogen and oxygen atoms in total. The summed E-state index contributed by atoms with van der Waals surface area (Å²) >= 11 is 6.29. The molecule has 0 fully saturated rings. The number of fused-ring (bicyclic) bond motifs is 1. The molecule has 34 heavy (non-hydrogen) atoms. The molecule has 2 N–H and O–H groups in total. The monoisotopic (exact) mass is 477 g/mol. The van der Waals surface area contributed by atoms with Crippen LogP contribution >= 0.6 is 11.6 Å². The quantitative estimate of drug-likeness (QED) is 0.330. The van der Waals surface area contributed by atoms with Crippen LogP contribution in [-0.2, 0) is 9.53 Å². The number of nitrogens with zero attached hydrogens (tertiary/aromatic N) is 1. The van der Waals surface area contributed by atoms with Crippen molar-refractivity contribution in [3.63, 3.8) is 0 Å². The van der Waals surface area contributed by atoms with Crippen molar-refractivity contribution in [2.75, 3.05) is 6.61 Å². The highest BCUT2D eigenvalue weighted by Gasteiger charge is 2.18. The Labute approximate surface area is 198 Å². The standard InChI is InChI=1S/C25H17ClFN3O4/c26-19-10-4-1-8-16(19)22-13-18(15-7-3-6-12-21(15)28-22)25(33)34-14-23(31)29-30-24(32)17-9-2-5-11-20(17)27/h1-13H,14H2,(H,29,31)(H,30,32). The van der Waals surface area contributed by atoms with Crippen molar-refractivity contribution in [3.05, 3.63) is 101 Å². The number of esters is 1. The van der Waals surface area contributed by atoms with Crippen LogP contribution in [-0.4, -0.2) is 29.4 Å². The molecule has 0 unspecified atom stereocenters. The van der Waals surface area contributed by atoms with Gasteiger partial charge in [0.15, 0.2) is 6.61 Å². The van der Waals surface area contributed by atoms with E-state index in [0.29, 0.717) is 27.2 Å². The van der Waals surface area contributed by atoms with Crippen LogP contribution in [0.2, 0.25) is 5.02 Å². The highest BCUT2D eigenvalue weighted by molar-refractivity contribution is 6.33. The van der Waals surface area contributed by atoms with Gasteiger partial charge >= 0.3 is 5.97 Å². The molecule has 0 radical (unpaired) electrons. The van der Waals surface area contributed by atoms with Crippen LogP contribution in [0.1, 0.15) is 20.7 Å². The van der Waals surface area contributed by atoms with E-state index in [9.17, 15) is 18.8 Å². The van der Waals surface area contributed by atoms with E-state index in [-0.39, 0.29) is 11.1 Å². The summed E-state index contributed by atoms with van der Waals surface area (Å²) in [5.74, 6) is -3.15. The predicted octanol–water partition coefficient (Wildman–Crippen LogP) is 4.31. The van der Waals surface area contributed by atoms with E-state index in [1.54, 1.807) is 54.6 Å². The molecule has 0 atom stereocenters. The third-order valence-corrected chi connectivity index (χ3v) is 5.18. The third-order valence-electron chi connectivity index (χ3n) is 4.85. The zero-order valence-corrected chi connectivity index (χ0v) is 18.3. The number of amides is 2. The SMILES string of the molecule is O=C(COC(=O)c1cc(-c2ccccc2Cl)nc2ccccc12)NNC(=O)c1ccccc1F. The molecule has 4 rings (SSSR count).